The van der Waals surface area contributed by atoms with E-state index in [1.165, 1.54) is 7.11 Å². The van der Waals surface area contributed by atoms with Crippen LogP contribution in [0.15, 0.2) is 30.3 Å². The minimum Gasteiger partial charge on any atom is -0.468 e. The van der Waals surface area contributed by atoms with Gasteiger partial charge in [0.15, 0.2) is 0 Å². The van der Waals surface area contributed by atoms with Crippen molar-refractivity contribution in [3.63, 3.8) is 0 Å². The predicted molar refractivity (Wildman–Crippen MR) is 81.7 cm³/mol. The molecule has 1 aromatic rings. The van der Waals surface area contributed by atoms with Gasteiger partial charge in [-0.25, -0.2) is 4.79 Å². The molecule has 0 radical (unpaired) electrons. The van der Waals surface area contributed by atoms with Gasteiger partial charge >= 0.3 is 5.97 Å². The van der Waals surface area contributed by atoms with Crippen molar-refractivity contribution in [2.24, 2.45) is 0 Å². The Labute approximate surface area is 126 Å². The fraction of sp³-hybridized carbons (Fsp3) is 0.500. The van der Waals surface area contributed by atoms with Gasteiger partial charge in [0.1, 0.15) is 6.04 Å². The van der Waals surface area contributed by atoms with Crippen LogP contribution in [0.5, 0.6) is 0 Å². The smallest absolute Gasteiger partial charge is 0.327 e. The molecule has 0 aliphatic rings. The lowest BCUT2D eigenvalue weighted by Crippen LogP contribution is -2.42. The molecule has 5 heteroatoms. The van der Waals surface area contributed by atoms with Crippen LogP contribution in [0.25, 0.3) is 0 Å². The first kappa shape index (κ1) is 17.2. The molecule has 116 valence electrons. The van der Waals surface area contributed by atoms with E-state index in [-0.39, 0.29) is 18.5 Å². The molecular formula is C16H24N2O3. The maximum Gasteiger partial charge on any atom is 0.327 e. The van der Waals surface area contributed by atoms with E-state index in [0.29, 0.717) is 0 Å². The molecule has 0 fully saturated rings. The minimum absolute atomic E-state index is 0.0746. The van der Waals surface area contributed by atoms with Gasteiger partial charge in [-0.2, -0.15) is 0 Å². The molecule has 0 aliphatic carbocycles. The molecule has 1 aromatic carbocycles. The Hall–Kier alpha value is -1.88. The van der Waals surface area contributed by atoms with E-state index in [1.807, 2.05) is 44.2 Å². The lowest BCUT2D eigenvalue weighted by molar-refractivity contribution is -0.143. The molecule has 1 amide bonds. The molecule has 1 rings (SSSR count). The minimum atomic E-state index is -0.636. The molecule has 0 bridgehead atoms. The summed E-state index contributed by atoms with van der Waals surface area (Å²) in [5, 5.41) is 5.88. The van der Waals surface area contributed by atoms with E-state index in [4.69, 9.17) is 4.74 Å². The summed E-state index contributed by atoms with van der Waals surface area (Å²) in [6.45, 7) is 4.14. The summed E-state index contributed by atoms with van der Waals surface area (Å²) in [5.41, 5.74) is 0.777. The summed E-state index contributed by atoms with van der Waals surface area (Å²) in [6, 6.07) is 8.75. The average molecular weight is 292 g/mol. The van der Waals surface area contributed by atoms with Crippen LogP contribution in [-0.2, 0) is 14.3 Å². The maximum absolute atomic E-state index is 11.9. The monoisotopic (exact) mass is 292 g/mol. The lowest BCUT2D eigenvalue weighted by Gasteiger charge is -2.19. The highest BCUT2D eigenvalue weighted by Gasteiger charge is 2.21. The number of esters is 1. The maximum atomic E-state index is 11.9. The third kappa shape index (κ3) is 5.55. The summed E-state index contributed by atoms with van der Waals surface area (Å²) in [5.74, 6) is -0.523. The van der Waals surface area contributed by atoms with Crippen molar-refractivity contribution >= 4 is 11.9 Å². The molecule has 0 saturated carbocycles. The summed E-state index contributed by atoms with van der Waals surface area (Å²) in [7, 11) is 1.34. The van der Waals surface area contributed by atoms with Gasteiger partial charge in [0.25, 0.3) is 0 Å². The highest BCUT2D eigenvalue weighted by molar-refractivity contribution is 5.81. The first-order valence-corrected chi connectivity index (χ1v) is 7.27. The third-order valence-electron chi connectivity index (χ3n) is 3.39. The van der Waals surface area contributed by atoms with Crippen LogP contribution in [0.4, 0.5) is 0 Å². The molecule has 0 saturated heterocycles. The Morgan fingerprint density at radius 1 is 1.14 bits per heavy atom. The van der Waals surface area contributed by atoms with Crippen molar-refractivity contribution in [1.82, 2.24) is 10.6 Å². The zero-order valence-corrected chi connectivity index (χ0v) is 12.9. The lowest BCUT2D eigenvalue weighted by atomic mass is 10.1. The van der Waals surface area contributed by atoms with Gasteiger partial charge in [-0.1, -0.05) is 44.2 Å². The first-order chi connectivity index (χ1) is 10.1. The number of methoxy groups -OCH3 is 1. The van der Waals surface area contributed by atoms with Crippen molar-refractivity contribution in [1.29, 1.82) is 0 Å². The zero-order valence-electron chi connectivity index (χ0n) is 12.9. The topological polar surface area (TPSA) is 67.4 Å². The third-order valence-corrected chi connectivity index (χ3v) is 3.39. The van der Waals surface area contributed by atoms with Crippen LogP contribution >= 0.6 is 0 Å². The van der Waals surface area contributed by atoms with Crippen LogP contribution in [0.1, 0.15) is 38.3 Å². The van der Waals surface area contributed by atoms with Gasteiger partial charge in [0.05, 0.1) is 13.7 Å². The fourth-order valence-corrected chi connectivity index (χ4v) is 2.07. The van der Waals surface area contributed by atoms with Crippen LogP contribution < -0.4 is 10.6 Å². The molecule has 5 nitrogen and oxygen atoms in total. The normalized spacial score (nSPS) is 12.0. The Balaban J connectivity index is 2.63. The standard InChI is InChI=1S/C16H24N2O3/c1-4-13(5-2)18-14(19)11-17-15(16(20)21-3)12-9-7-6-8-10-12/h6-10,13,15,17H,4-5,11H2,1-3H3,(H,18,19). The second-order valence-corrected chi connectivity index (χ2v) is 4.83. The highest BCUT2D eigenvalue weighted by Crippen LogP contribution is 2.13. The van der Waals surface area contributed by atoms with E-state index in [0.717, 1.165) is 18.4 Å². The van der Waals surface area contributed by atoms with E-state index in [9.17, 15) is 9.59 Å². The first-order valence-electron chi connectivity index (χ1n) is 7.27. The van der Waals surface area contributed by atoms with Gasteiger partial charge < -0.3 is 10.1 Å². The van der Waals surface area contributed by atoms with Gasteiger partial charge in [0.2, 0.25) is 5.91 Å². The van der Waals surface area contributed by atoms with E-state index in [1.54, 1.807) is 0 Å². The molecule has 0 aromatic heterocycles. The van der Waals surface area contributed by atoms with Gasteiger partial charge in [-0.3, -0.25) is 10.1 Å². The van der Waals surface area contributed by atoms with Crippen molar-refractivity contribution in [3.05, 3.63) is 35.9 Å². The van der Waals surface area contributed by atoms with Gasteiger partial charge in [0, 0.05) is 6.04 Å². The van der Waals surface area contributed by atoms with Crippen molar-refractivity contribution in [2.75, 3.05) is 13.7 Å². The fourth-order valence-electron chi connectivity index (χ4n) is 2.07. The summed E-state index contributed by atoms with van der Waals surface area (Å²) in [4.78, 5) is 23.7. The predicted octanol–water partition coefficient (Wildman–Crippen LogP) is 1.80. The van der Waals surface area contributed by atoms with Crippen molar-refractivity contribution in [2.45, 2.75) is 38.8 Å². The number of hydrogen-bond acceptors (Lipinski definition) is 4. The number of nitrogens with one attached hydrogen (secondary N) is 2. The Kier molecular flexibility index (Phi) is 7.46. The van der Waals surface area contributed by atoms with Crippen LogP contribution in [0, 0.1) is 0 Å². The molecule has 2 N–H and O–H groups in total. The quantitative estimate of drug-likeness (QED) is 0.717. The van der Waals surface area contributed by atoms with Crippen LogP contribution in [-0.4, -0.2) is 31.6 Å². The zero-order chi connectivity index (χ0) is 15.7. The number of benzene rings is 1. The van der Waals surface area contributed by atoms with Gasteiger partial charge in [-0.15, -0.1) is 0 Å². The van der Waals surface area contributed by atoms with Crippen LogP contribution in [0.3, 0.4) is 0 Å². The Bertz CT molecular complexity index is 444. The SMILES string of the molecule is CCC(CC)NC(=O)CNC(C(=O)OC)c1ccccc1. The van der Waals surface area contributed by atoms with Crippen LogP contribution in [0.2, 0.25) is 0 Å². The van der Waals surface area contributed by atoms with E-state index < -0.39 is 12.0 Å². The summed E-state index contributed by atoms with van der Waals surface area (Å²) >= 11 is 0. The number of ether oxygens (including phenoxy) is 1. The number of carbonyl (C=O) groups excluding carboxylic acids is 2. The molecular weight excluding hydrogens is 268 g/mol. The molecule has 0 heterocycles. The van der Waals surface area contributed by atoms with Crippen molar-refractivity contribution < 1.29 is 14.3 Å². The van der Waals surface area contributed by atoms with E-state index in [2.05, 4.69) is 10.6 Å². The molecule has 0 spiro atoms. The highest BCUT2D eigenvalue weighted by atomic mass is 16.5. The van der Waals surface area contributed by atoms with E-state index >= 15 is 0 Å². The number of rotatable bonds is 8. The second-order valence-electron chi connectivity index (χ2n) is 4.83. The number of amides is 1. The molecule has 21 heavy (non-hydrogen) atoms. The molecule has 1 atom stereocenters. The number of hydrogen-bond donors (Lipinski definition) is 2. The van der Waals surface area contributed by atoms with Crippen molar-refractivity contribution in [3.8, 4) is 0 Å². The largest absolute Gasteiger partial charge is 0.468 e. The summed E-state index contributed by atoms with van der Waals surface area (Å²) < 4.78 is 4.79. The Morgan fingerprint density at radius 3 is 2.29 bits per heavy atom. The second kappa shape index (κ2) is 9.13. The molecule has 0 aliphatic heterocycles. The average Bonchev–Trinajstić information content (AvgIpc) is 2.53. The van der Waals surface area contributed by atoms with Gasteiger partial charge in [-0.05, 0) is 18.4 Å². The summed E-state index contributed by atoms with van der Waals surface area (Å²) in [6.07, 6.45) is 1.78. The Morgan fingerprint density at radius 2 is 1.76 bits per heavy atom. The number of carbonyl (C=O) groups is 2. The molecule has 1 unspecified atom stereocenters.